The van der Waals surface area contributed by atoms with Gasteiger partial charge in [-0.05, 0) is 31.6 Å². The summed E-state index contributed by atoms with van der Waals surface area (Å²) < 4.78 is 0. The van der Waals surface area contributed by atoms with Crippen LogP contribution in [0, 0.1) is 11.3 Å². The molecular formula is C12H22N2. The van der Waals surface area contributed by atoms with Crippen LogP contribution in [-0.2, 0) is 0 Å². The fraction of sp³-hybridized carbons (Fsp3) is 0.917. The number of piperidine rings is 1. The summed E-state index contributed by atoms with van der Waals surface area (Å²) in [5.41, 5.74) is 0. The maximum Gasteiger partial charge on any atom is 0.0960 e. The van der Waals surface area contributed by atoms with E-state index in [9.17, 15) is 0 Å². The molecule has 0 aromatic carbocycles. The quantitative estimate of drug-likeness (QED) is 0.731. The summed E-state index contributed by atoms with van der Waals surface area (Å²) >= 11 is 0. The van der Waals surface area contributed by atoms with Crippen LogP contribution in [0.25, 0.3) is 0 Å². The highest BCUT2D eigenvalue weighted by molar-refractivity contribution is 5.80. The molecule has 80 valence electrons. The van der Waals surface area contributed by atoms with Crippen LogP contribution in [0.1, 0.15) is 51.9 Å². The number of nitrogens with zero attached hydrogens (tertiary/aromatic N) is 1. The molecule has 2 aliphatic rings. The minimum absolute atomic E-state index is 0.676. The van der Waals surface area contributed by atoms with Crippen LogP contribution >= 0.6 is 0 Å². The molecule has 1 N–H and O–H groups in total. The number of hydrogen-bond donors (Lipinski definition) is 1. The molecule has 1 saturated heterocycles. The minimum atomic E-state index is 0.676. The van der Waals surface area contributed by atoms with E-state index in [0.29, 0.717) is 6.04 Å². The molecular weight excluding hydrogens is 172 g/mol. The Hall–Kier alpha value is -0.530. The van der Waals surface area contributed by atoms with Gasteiger partial charge in [-0.2, -0.15) is 0 Å². The first kappa shape index (κ1) is 10.0. The average Bonchev–Trinajstić information content (AvgIpc) is 2.99. The minimum Gasteiger partial charge on any atom is -0.358 e. The molecule has 2 rings (SSSR count). The number of amidine groups is 1. The first-order valence-corrected chi connectivity index (χ1v) is 6.15. The van der Waals surface area contributed by atoms with Gasteiger partial charge >= 0.3 is 0 Å². The van der Waals surface area contributed by atoms with Crippen molar-refractivity contribution >= 4 is 5.84 Å². The molecule has 1 atom stereocenters. The molecule has 0 aromatic heterocycles. The first-order chi connectivity index (χ1) is 6.81. The Morgan fingerprint density at radius 1 is 1.43 bits per heavy atom. The zero-order valence-corrected chi connectivity index (χ0v) is 9.26. The van der Waals surface area contributed by atoms with Gasteiger partial charge in [0.2, 0.25) is 0 Å². The first-order valence-electron chi connectivity index (χ1n) is 6.15. The number of hydrogen-bond acceptors (Lipinski definition) is 1. The molecule has 0 radical (unpaired) electrons. The van der Waals surface area contributed by atoms with Crippen molar-refractivity contribution in [2.24, 2.45) is 5.92 Å². The molecule has 1 heterocycles. The molecule has 1 aliphatic carbocycles. The van der Waals surface area contributed by atoms with Crippen LogP contribution in [0.2, 0.25) is 0 Å². The summed E-state index contributed by atoms with van der Waals surface area (Å²) in [7, 11) is 0. The fourth-order valence-corrected chi connectivity index (χ4v) is 2.51. The van der Waals surface area contributed by atoms with E-state index in [0.717, 1.165) is 24.7 Å². The van der Waals surface area contributed by atoms with Gasteiger partial charge in [-0.15, -0.1) is 0 Å². The van der Waals surface area contributed by atoms with Gasteiger partial charge in [0, 0.05) is 19.0 Å². The lowest BCUT2D eigenvalue weighted by molar-refractivity contribution is 0.251. The van der Waals surface area contributed by atoms with E-state index >= 15 is 0 Å². The average molecular weight is 194 g/mol. The normalized spacial score (nSPS) is 25.2. The van der Waals surface area contributed by atoms with Crippen molar-refractivity contribution < 1.29 is 0 Å². The molecule has 0 bridgehead atoms. The number of rotatable bonds is 4. The van der Waals surface area contributed by atoms with Gasteiger partial charge in [-0.25, -0.2) is 0 Å². The van der Waals surface area contributed by atoms with Crippen molar-refractivity contribution in [2.45, 2.75) is 57.9 Å². The Kier molecular flexibility index (Phi) is 3.09. The van der Waals surface area contributed by atoms with Crippen molar-refractivity contribution in [3.63, 3.8) is 0 Å². The van der Waals surface area contributed by atoms with E-state index in [4.69, 9.17) is 5.41 Å². The van der Waals surface area contributed by atoms with Crippen molar-refractivity contribution in [2.75, 3.05) is 6.54 Å². The van der Waals surface area contributed by atoms with Gasteiger partial charge in [0.05, 0.1) is 5.84 Å². The molecule has 2 fully saturated rings. The molecule has 1 saturated carbocycles. The molecule has 2 heteroatoms. The van der Waals surface area contributed by atoms with Gasteiger partial charge < -0.3 is 4.90 Å². The van der Waals surface area contributed by atoms with Gasteiger partial charge in [-0.1, -0.05) is 19.8 Å². The molecule has 0 aromatic rings. The Balaban J connectivity index is 1.90. The van der Waals surface area contributed by atoms with Crippen LogP contribution < -0.4 is 0 Å². The van der Waals surface area contributed by atoms with Crippen molar-refractivity contribution in [3.8, 4) is 0 Å². The smallest absolute Gasteiger partial charge is 0.0960 e. The van der Waals surface area contributed by atoms with E-state index in [1.165, 1.54) is 38.5 Å². The van der Waals surface area contributed by atoms with E-state index < -0.39 is 0 Å². The number of nitrogens with one attached hydrogen (secondary N) is 1. The largest absolute Gasteiger partial charge is 0.358 e. The Bertz CT molecular complexity index is 208. The molecule has 1 aliphatic heterocycles. The maximum atomic E-state index is 7.97. The molecule has 14 heavy (non-hydrogen) atoms. The topological polar surface area (TPSA) is 27.1 Å². The third-order valence-electron chi connectivity index (χ3n) is 3.62. The lowest BCUT2D eigenvalue weighted by Gasteiger charge is -2.36. The lowest BCUT2D eigenvalue weighted by atomic mass is 10.0. The Morgan fingerprint density at radius 2 is 2.21 bits per heavy atom. The van der Waals surface area contributed by atoms with Crippen molar-refractivity contribution in [1.29, 1.82) is 5.41 Å². The van der Waals surface area contributed by atoms with Crippen LogP contribution in [-0.4, -0.2) is 23.3 Å². The summed E-state index contributed by atoms with van der Waals surface area (Å²) in [6.07, 6.45) is 8.99. The van der Waals surface area contributed by atoms with Crippen molar-refractivity contribution in [3.05, 3.63) is 0 Å². The Morgan fingerprint density at radius 3 is 2.79 bits per heavy atom. The zero-order valence-electron chi connectivity index (χ0n) is 9.26. The molecule has 0 spiro atoms. The van der Waals surface area contributed by atoms with E-state index in [1.54, 1.807) is 0 Å². The van der Waals surface area contributed by atoms with Gasteiger partial charge in [0.25, 0.3) is 0 Å². The highest BCUT2D eigenvalue weighted by Gasteiger charge is 2.29. The van der Waals surface area contributed by atoms with E-state index in [-0.39, 0.29) is 0 Å². The summed E-state index contributed by atoms with van der Waals surface area (Å²) in [4.78, 5) is 2.38. The second-order valence-electron chi connectivity index (χ2n) is 4.84. The van der Waals surface area contributed by atoms with Gasteiger partial charge in [0.15, 0.2) is 0 Å². The Labute approximate surface area is 87.2 Å². The third kappa shape index (κ3) is 2.28. The molecule has 1 unspecified atom stereocenters. The predicted octanol–water partition coefficient (Wildman–Crippen LogP) is 3.03. The predicted molar refractivity (Wildman–Crippen MR) is 59.7 cm³/mol. The summed E-state index contributed by atoms with van der Waals surface area (Å²) in [5, 5.41) is 7.97. The second kappa shape index (κ2) is 4.33. The highest BCUT2D eigenvalue weighted by Crippen LogP contribution is 2.36. The van der Waals surface area contributed by atoms with Crippen LogP contribution in [0.15, 0.2) is 0 Å². The molecule has 2 nitrogen and oxygen atoms in total. The van der Waals surface area contributed by atoms with Gasteiger partial charge in [0.1, 0.15) is 0 Å². The van der Waals surface area contributed by atoms with Crippen molar-refractivity contribution in [1.82, 2.24) is 4.90 Å². The summed E-state index contributed by atoms with van der Waals surface area (Å²) in [5.74, 6) is 1.90. The van der Waals surface area contributed by atoms with Crippen LogP contribution in [0.3, 0.4) is 0 Å². The van der Waals surface area contributed by atoms with Crippen LogP contribution in [0.5, 0.6) is 0 Å². The van der Waals surface area contributed by atoms with E-state index in [2.05, 4.69) is 11.8 Å². The second-order valence-corrected chi connectivity index (χ2v) is 4.84. The zero-order chi connectivity index (χ0) is 9.97. The summed E-state index contributed by atoms with van der Waals surface area (Å²) in [6.45, 7) is 3.42. The number of likely N-dealkylation sites (tertiary alicyclic amines) is 1. The SMILES string of the molecule is CCC(CC1CC1)N1CCCCC1=N. The van der Waals surface area contributed by atoms with Gasteiger partial charge in [-0.3, -0.25) is 5.41 Å². The summed E-state index contributed by atoms with van der Waals surface area (Å²) in [6, 6.07) is 0.676. The van der Waals surface area contributed by atoms with E-state index in [1.807, 2.05) is 0 Å². The maximum absolute atomic E-state index is 7.97. The standard InChI is InChI=1S/C12H22N2/c1-2-11(9-10-6-7-10)14-8-4-3-5-12(14)13/h10-11,13H,2-9H2,1H3. The fourth-order valence-electron chi connectivity index (χ4n) is 2.51. The molecule has 0 amide bonds. The highest BCUT2D eigenvalue weighted by atomic mass is 15.2. The monoisotopic (exact) mass is 194 g/mol. The third-order valence-corrected chi connectivity index (χ3v) is 3.62. The van der Waals surface area contributed by atoms with Crippen LogP contribution in [0.4, 0.5) is 0 Å². The lowest BCUT2D eigenvalue weighted by Crippen LogP contribution is -2.42.